The van der Waals surface area contributed by atoms with Gasteiger partial charge in [-0.2, -0.15) is 0 Å². The van der Waals surface area contributed by atoms with Gasteiger partial charge in [0.1, 0.15) is 0 Å². The zero-order valence-electron chi connectivity index (χ0n) is 19.4. The Morgan fingerprint density at radius 3 is 1.94 bits per heavy atom. The van der Waals surface area contributed by atoms with Crippen LogP contribution in [0.5, 0.6) is 0 Å². The van der Waals surface area contributed by atoms with Crippen LogP contribution in [0.1, 0.15) is 29.5 Å². The van der Waals surface area contributed by atoms with Gasteiger partial charge in [-0.15, -0.1) is 0 Å². The first kappa shape index (κ1) is 22.4. The molecular formula is C29H31N3O2. The van der Waals surface area contributed by atoms with Crippen LogP contribution in [-0.4, -0.2) is 41.5 Å². The molecule has 2 aliphatic rings. The van der Waals surface area contributed by atoms with Crippen LogP contribution in [0.25, 0.3) is 0 Å². The second-order valence-corrected chi connectivity index (χ2v) is 9.49. The fourth-order valence-corrected chi connectivity index (χ4v) is 5.28. The number of nitrogens with one attached hydrogen (secondary N) is 1. The van der Waals surface area contributed by atoms with Crippen molar-refractivity contribution in [1.82, 2.24) is 15.1 Å². The molecule has 0 aliphatic carbocycles. The van der Waals surface area contributed by atoms with Crippen molar-refractivity contribution in [2.45, 2.75) is 31.2 Å². The van der Waals surface area contributed by atoms with Crippen LogP contribution >= 0.6 is 0 Å². The number of benzene rings is 3. The minimum absolute atomic E-state index is 0.168. The molecule has 3 aromatic carbocycles. The van der Waals surface area contributed by atoms with Crippen molar-refractivity contribution in [2.24, 2.45) is 5.92 Å². The fourth-order valence-electron chi connectivity index (χ4n) is 5.28. The largest absolute Gasteiger partial charge is 0.326 e. The number of carbonyl (C=O) groups excluding carboxylic acids is 2. The molecule has 3 amide bonds. The van der Waals surface area contributed by atoms with Crippen LogP contribution < -0.4 is 5.32 Å². The van der Waals surface area contributed by atoms with E-state index in [-0.39, 0.29) is 11.9 Å². The number of hydrogen-bond donors (Lipinski definition) is 1. The monoisotopic (exact) mass is 453 g/mol. The molecule has 5 rings (SSSR count). The molecule has 2 fully saturated rings. The van der Waals surface area contributed by atoms with Crippen molar-refractivity contribution in [1.29, 1.82) is 0 Å². The van der Waals surface area contributed by atoms with E-state index in [9.17, 15) is 9.59 Å². The summed E-state index contributed by atoms with van der Waals surface area (Å²) in [5.74, 6) is 0.474. The molecule has 0 bridgehead atoms. The van der Waals surface area contributed by atoms with Gasteiger partial charge >= 0.3 is 6.03 Å². The maximum Gasteiger partial charge on any atom is 0.326 e. The van der Waals surface area contributed by atoms with Crippen molar-refractivity contribution >= 4 is 11.9 Å². The van der Waals surface area contributed by atoms with Gasteiger partial charge in [-0.3, -0.25) is 9.69 Å². The number of piperidine rings is 1. The lowest BCUT2D eigenvalue weighted by molar-refractivity contribution is -0.133. The quantitative estimate of drug-likeness (QED) is 0.533. The lowest BCUT2D eigenvalue weighted by Gasteiger charge is -2.34. The van der Waals surface area contributed by atoms with Gasteiger partial charge in [0.15, 0.2) is 5.54 Å². The minimum atomic E-state index is -1.08. The fraction of sp³-hybridized carbons (Fsp3) is 0.310. The molecule has 1 N–H and O–H groups in total. The Morgan fingerprint density at radius 2 is 1.32 bits per heavy atom. The Morgan fingerprint density at radius 1 is 0.765 bits per heavy atom. The highest BCUT2D eigenvalue weighted by Crippen LogP contribution is 2.33. The highest BCUT2D eigenvalue weighted by atomic mass is 16.2. The molecule has 0 spiro atoms. The van der Waals surface area contributed by atoms with Crippen molar-refractivity contribution < 1.29 is 9.59 Å². The first-order valence-electron chi connectivity index (χ1n) is 12.1. The molecular weight excluding hydrogens is 422 g/mol. The van der Waals surface area contributed by atoms with Gasteiger partial charge in [0.2, 0.25) is 0 Å². The molecule has 0 aromatic heterocycles. The SMILES string of the molecule is O=C1N[C@@](Cc2ccccc2)(c2ccccc2)C(=O)N1CN1CCC(Cc2ccccc2)CC1. The van der Waals surface area contributed by atoms with Crippen LogP contribution in [0.3, 0.4) is 0 Å². The van der Waals surface area contributed by atoms with E-state index in [0.29, 0.717) is 19.0 Å². The Bertz CT molecular complexity index is 1110. The van der Waals surface area contributed by atoms with E-state index in [1.165, 1.54) is 10.5 Å². The normalized spacial score (nSPS) is 21.6. The van der Waals surface area contributed by atoms with Crippen LogP contribution in [0, 0.1) is 5.92 Å². The lowest BCUT2D eigenvalue weighted by Crippen LogP contribution is -2.48. The minimum Gasteiger partial charge on any atom is -0.319 e. The lowest BCUT2D eigenvalue weighted by atomic mass is 9.83. The van der Waals surface area contributed by atoms with E-state index >= 15 is 0 Å². The summed E-state index contributed by atoms with van der Waals surface area (Å²) in [7, 11) is 0. The summed E-state index contributed by atoms with van der Waals surface area (Å²) in [5, 5.41) is 3.07. The Labute approximate surface area is 201 Å². The Kier molecular flexibility index (Phi) is 6.45. The summed E-state index contributed by atoms with van der Waals surface area (Å²) in [6.07, 6.45) is 3.67. The van der Waals surface area contributed by atoms with Crippen molar-refractivity contribution in [3.05, 3.63) is 108 Å². The van der Waals surface area contributed by atoms with E-state index in [2.05, 4.69) is 40.5 Å². The number of amides is 3. The average Bonchev–Trinajstić information content (AvgIpc) is 3.12. The molecule has 2 saturated heterocycles. The van der Waals surface area contributed by atoms with Crippen LogP contribution in [0.2, 0.25) is 0 Å². The van der Waals surface area contributed by atoms with E-state index < -0.39 is 5.54 Å². The summed E-state index contributed by atoms with van der Waals surface area (Å²) in [5.41, 5.74) is 2.14. The van der Waals surface area contributed by atoms with Crippen LogP contribution in [0.15, 0.2) is 91.0 Å². The van der Waals surface area contributed by atoms with Gasteiger partial charge in [0.25, 0.3) is 5.91 Å². The standard InChI is InChI=1S/C29H31N3O2/c33-27-29(26-14-8-3-9-15-26,21-25-12-6-2-7-13-25)30-28(34)32(27)22-31-18-16-24(17-19-31)20-23-10-4-1-5-11-23/h1-15,24H,16-22H2,(H,30,34)/t29-/m0/s1. The first-order chi connectivity index (χ1) is 16.6. The first-order valence-corrected chi connectivity index (χ1v) is 12.1. The number of imide groups is 1. The molecule has 34 heavy (non-hydrogen) atoms. The maximum atomic E-state index is 13.8. The molecule has 5 heteroatoms. The Hall–Kier alpha value is -3.44. The Balaban J connectivity index is 1.29. The molecule has 0 radical (unpaired) electrons. The number of hydrogen-bond acceptors (Lipinski definition) is 3. The molecule has 2 aliphatic heterocycles. The van der Waals surface area contributed by atoms with Gasteiger partial charge in [-0.1, -0.05) is 91.0 Å². The second-order valence-electron chi connectivity index (χ2n) is 9.49. The van der Waals surface area contributed by atoms with Gasteiger partial charge < -0.3 is 5.32 Å². The summed E-state index contributed by atoms with van der Waals surface area (Å²) < 4.78 is 0. The highest BCUT2D eigenvalue weighted by Gasteiger charge is 2.52. The second kappa shape index (κ2) is 9.82. The molecule has 3 aromatic rings. The van der Waals surface area contributed by atoms with Crippen molar-refractivity contribution in [3.8, 4) is 0 Å². The van der Waals surface area contributed by atoms with Gasteiger partial charge in [-0.25, -0.2) is 9.69 Å². The van der Waals surface area contributed by atoms with E-state index in [0.717, 1.165) is 43.5 Å². The third-order valence-corrected chi connectivity index (χ3v) is 7.17. The number of likely N-dealkylation sites (tertiary alicyclic amines) is 1. The van der Waals surface area contributed by atoms with Gasteiger partial charge in [-0.05, 0) is 41.9 Å². The topological polar surface area (TPSA) is 52.7 Å². The molecule has 0 unspecified atom stereocenters. The van der Waals surface area contributed by atoms with Crippen LogP contribution in [0.4, 0.5) is 4.79 Å². The number of urea groups is 1. The van der Waals surface area contributed by atoms with Crippen LogP contribution in [-0.2, 0) is 23.2 Å². The highest BCUT2D eigenvalue weighted by molar-refractivity contribution is 6.07. The molecule has 1 atom stereocenters. The zero-order chi connectivity index (χ0) is 23.4. The van der Waals surface area contributed by atoms with Crippen molar-refractivity contribution in [3.63, 3.8) is 0 Å². The van der Waals surface area contributed by atoms with E-state index in [1.54, 1.807) is 0 Å². The van der Waals surface area contributed by atoms with Crippen molar-refractivity contribution in [2.75, 3.05) is 19.8 Å². The summed E-state index contributed by atoms with van der Waals surface area (Å²) in [6.45, 7) is 2.13. The van der Waals surface area contributed by atoms with Gasteiger partial charge in [0, 0.05) is 19.5 Å². The zero-order valence-corrected chi connectivity index (χ0v) is 19.4. The smallest absolute Gasteiger partial charge is 0.319 e. The summed E-state index contributed by atoms with van der Waals surface area (Å²) >= 11 is 0. The maximum absolute atomic E-state index is 13.8. The van der Waals surface area contributed by atoms with E-state index in [1.807, 2.05) is 60.7 Å². The predicted octanol–water partition coefficient (Wildman–Crippen LogP) is 4.59. The predicted molar refractivity (Wildman–Crippen MR) is 133 cm³/mol. The number of nitrogens with zero attached hydrogens (tertiary/aromatic N) is 2. The molecule has 5 nitrogen and oxygen atoms in total. The molecule has 2 heterocycles. The third-order valence-electron chi connectivity index (χ3n) is 7.17. The summed E-state index contributed by atoms with van der Waals surface area (Å²) in [6, 6.07) is 29.8. The third kappa shape index (κ3) is 4.62. The average molecular weight is 454 g/mol. The van der Waals surface area contributed by atoms with Gasteiger partial charge in [0.05, 0.1) is 6.67 Å². The number of carbonyl (C=O) groups is 2. The van der Waals surface area contributed by atoms with E-state index in [4.69, 9.17) is 0 Å². The summed E-state index contributed by atoms with van der Waals surface area (Å²) in [4.78, 5) is 30.6. The molecule has 174 valence electrons. The number of rotatable bonds is 7. The molecule has 0 saturated carbocycles.